The van der Waals surface area contributed by atoms with Crippen molar-refractivity contribution < 1.29 is 0 Å². The highest BCUT2D eigenvalue weighted by atomic mass is 80.0. The molecule has 1 heterocycles. The van der Waals surface area contributed by atoms with Gasteiger partial charge in [0.05, 0.1) is 0 Å². The van der Waals surface area contributed by atoms with Crippen LogP contribution in [0.4, 0.5) is 0 Å². The number of aromatic nitrogens is 2. The molecule has 1 rings (SSSR count). The molecule has 0 spiro atoms. The fourth-order valence-corrected chi connectivity index (χ4v) is 1.84. The maximum atomic E-state index is 6.26. The smallest absolute Gasteiger partial charge is 0.224 e. The summed E-state index contributed by atoms with van der Waals surface area (Å²) in [6.07, 6.45) is 1.69. The Labute approximate surface area is 115 Å². The summed E-state index contributed by atoms with van der Waals surface area (Å²) in [6.45, 7) is 1.92. The number of hydrogen-bond acceptors (Lipinski definition) is 1. The molecule has 0 amide bonds. The monoisotopic (exact) mass is 456 g/mol. The zero-order valence-electron chi connectivity index (χ0n) is 6.44. The maximum Gasteiger partial charge on any atom is 0.224 e. The van der Waals surface area contributed by atoms with Crippen molar-refractivity contribution in [3.63, 3.8) is 0 Å². The zero-order chi connectivity index (χ0) is 10.3. The molecule has 13 heavy (non-hydrogen) atoms. The van der Waals surface area contributed by atoms with Crippen molar-refractivity contribution in [3.05, 3.63) is 18.0 Å². The molecule has 1 unspecified atom stereocenters. The largest absolute Gasteiger partial charge is 0.235 e. The molecule has 0 N–H and O–H groups in total. The summed E-state index contributed by atoms with van der Waals surface area (Å²) in [5.74, 6) is 0. The van der Waals surface area contributed by atoms with Gasteiger partial charge in [0.2, 0.25) is 3.91 Å². The average molecular weight is 460 g/mol. The summed E-state index contributed by atoms with van der Waals surface area (Å²) in [4.78, 5) is 0. The molecule has 1 aromatic rings. The van der Waals surface area contributed by atoms with E-state index in [0.29, 0.717) is 0 Å². The molecular formula is C6H5Br4ClN2. The van der Waals surface area contributed by atoms with Crippen LogP contribution in [-0.2, 0) is 3.91 Å². The summed E-state index contributed by atoms with van der Waals surface area (Å²) in [5.41, 5.74) is 0.953. The summed E-state index contributed by atoms with van der Waals surface area (Å²) in [7, 11) is 0. The maximum absolute atomic E-state index is 6.26. The molecule has 0 radical (unpaired) electrons. The third kappa shape index (κ3) is 2.51. The van der Waals surface area contributed by atoms with Gasteiger partial charge in [-0.3, -0.25) is 0 Å². The molecule has 7 heteroatoms. The van der Waals surface area contributed by atoms with Crippen molar-refractivity contribution in [2.45, 2.75) is 13.0 Å². The standard InChI is InChI=1S/C6H5Br4ClN2/c1-4-2-3-12-13(4)6(10,11)5(7,8)9/h2-3H,1H3. The van der Waals surface area contributed by atoms with E-state index in [0.717, 1.165) is 5.69 Å². The minimum Gasteiger partial charge on any atom is -0.235 e. The third-order valence-electron chi connectivity index (χ3n) is 1.44. The topological polar surface area (TPSA) is 17.8 Å². The lowest BCUT2D eigenvalue weighted by Crippen LogP contribution is -2.34. The highest BCUT2D eigenvalue weighted by Crippen LogP contribution is 2.54. The lowest BCUT2D eigenvalue weighted by molar-refractivity contribution is 0.568. The lowest BCUT2D eigenvalue weighted by Gasteiger charge is -2.30. The van der Waals surface area contributed by atoms with Crippen molar-refractivity contribution in [2.24, 2.45) is 0 Å². The highest BCUT2D eigenvalue weighted by Gasteiger charge is 2.46. The van der Waals surface area contributed by atoms with E-state index < -0.39 is 6.05 Å². The fraction of sp³-hybridized carbons (Fsp3) is 0.500. The number of hydrogen-bond donors (Lipinski definition) is 0. The van der Waals surface area contributed by atoms with Crippen LogP contribution >= 0.6 is 75.3 Å². The van der Waals surface area contributed by atoms with Crippen LogP contribution in [0.3, 0.4) is 0 Å². The molecule has 0 saturated heterocycles. The van der Waals surface area contributed by atoms with Gasteiger partial charge in [-0.1, -0.05) is 59.4 Å². The first-order chi connectivity index (χ1) is 5.77. The van der Waals surface area contributed by atoms with Gasteiger partial charge in [-0.05, 0) is 28.9 Å². The normalized spacial score (nSPS) is 17.1. The van der Waals surface area contributed by atoms with Gasteiger partial charge in [-0.15, -0.1) is 0 Å². The number of rotatable bonds is 1. The van der Waals surface area contributed by atoms with Crippen molar-refractivity contribution in [2.75, 3.05) is 0 Å². The molecule has 0 aliphatic heterocycles. The van der Waals surface area contributed by atoms with Crippen LogP contribution in [0.25, 0.3) is 0 Å². The van der Waals surface area contributed by atoms with Gasteiger partial charge in [-0.2, -0.15) is 5.10 Å². The Bertz CT molecular complexity index is 304. The third-order valence-corrected chi connectivity index (χ3v) is 6.82. The van der Waals surface area contributed by atoms with Gasteiger partial charge >= 0.3 is 0 Å². The second-order valence-electron chi connectivity index (χ2n) is 2.42. The van der Waals surface area contributed by atoms with Crippen LogP contribution in [0, 0.1) is 6.92 Å². The molecule has 1 atom stereocenters. The van der Waals surface area contributed by atoms with E-state index in [9.17, 15) is 0 Å². The van der Waals surface area contributed by atoms with Gasteiger partial charge in [0.1, 0.15) is 0 Å². The molecule has 0 fully saturated rings. The van der Waals surface area contributed by atoms with Crippen LogP contribution in [0.2, 0.25) is 0 Å². The van der Waals surface area contributed by atoms with Crippen molar-refractivity contribution in [1.82, 2.24) is 9.78 Å². The Morgan fingerprint density at radius 3 is 2.23 bits per heavy atom. The van der Waals surface area contributed by atoms with E-state index >= 15 is 0 Å². The quantitative estimate of drug-likeness (QED) is 0.573. The number of alkyl halides is 5. The molecule has 0 aliphatic rings. The molecule has 0 saturated carbocycles. The van der Waals surface area contributed by atoms with E-state index in [-0.39, 0.29) is 0 Å². The first-order valence-electron chi connectivity index (χ1n) is 3.22. The Balaban J connectivity index is 3.15. The lowest BCUT2D eigenvalue weighted by atomic mass is 10.5. The fourth-order valence-electron chi connectivity index (χ4n) is 0.784. The number of nitrogens with zero attached hydrogens (tertiary/aromatic N) is 2. The molecule has 0 aliphatic carbocycles. The minimum atomic E-state index is -0.909. The molecule has 0 aromatic carbocycles. The van der Waals surface area contributed by atoms with E-state index in [1.54, 1.807) is 10.9 Å². The predicted octanol–water partition coefficient (Wildman–Crippen LogP) is 4.27. The Kier molecular flexibility index (Phi) is 3.96. The van der Waals surface area contributed by atoms with Crippen LogP contribution in [0.1, 0.15) is 5.69 Å². The molecule has 1 aromatic heterocycles. The molecule has 2 nitrogen and oxygen atoms in total. The van der Waals surface area contributed by atoms with Gasteiger partial charge < -0.3 is 0 Å². The minimum absolute atomic E-state index is 0.668. The number of aryl methyl sites for hydroxylation is 1. The SMILES string of the molecule is Cc1ccnn1C(Cl)(Br)C(Br)(Br)Br. The second-order valence-corrected chi connectivity index (χ2v) is 11.3. The summed E-state index contributed by atoms with van der Waals surface area (Å²) < 4.78 is 0.0682. The van der Waals surface area contributed by atoms with Gasteiger partial charge in [0.25, 0.3) is 0 Å². The van der Waals surface area contributed by atoms with Gasteiger partial charge in [0, 0.05) is 11.9 Å². The second kappa shape index (κ2) is 4.12. The first-order valence-corrected chi connectivity index (χ1v) is 6.77. The summed E-state index contributed by atoms with van der Waals surface area (Å²) in [6, 6.07) is 1.87. The van der Waals surface area contributed by atoms with Crippen LogP contribution in [0.15, 0.2) is 12.3 Å². The summed E-state index contributed by atoms with van der Waals surface area (Å²) in [5, 5.41) is 4.10. The Morgan fingerprint density at radius 2 is 1.92 bits per heavy atom. The highest BCUT2D eigenvalue weighted by molar-refractivity contribution is 9.40. The molecule has 74 valence electrons. The van der Waals surface area contributed by atoms with E-state index in [1.165, 1.54) is 0 Å². The average Bonchev–Trinajstić information content (AvgIpc) is 2.32. The predicted molar refractivity (Wildman–Crippen MR) is 69.2 cm³/mol. The van der Waals surface area contributed by atoms with Crippen LogP contribution in [-0.4, -0.2) is 11.9 Å². The van der Waals surface area contributed by atoms with Crippen LogP contribution < -0.4 is 0 Å². The molecule has 0 bridgehead atoms. The van der Waals surface area contributed by atoms with Crippen LogP contribution in [0.5, 0.6) is 0 Å². The van der Waals surface area contributed by atoms with Crippen molar-refractivity contribution >= 4 is 75.3 Å². The first kappa shape index (κ1) is 12.5. The Hall–Kier alpha value is 1.42. The van der Waals surface area contributed by atoms with Crippen molar-refractivity contribution in [3.8, 4) is 0 Å². The van der Waals surface area contributed by atoms with E-state index in [1.807, 2.05) is 13.0 Å². The van der Waals surface area contributed by atoms with Gasteiger partial charge in [0.15, 0.2) is 2.14 Å². The molecular weight excluding hydrogens is 455 g/mol. The zero-order valence-corrected chi connectivity index (χ0v) is 13.5. The van der Waals surface area contributed by atoms with E-state index in [2.05, 4.69) is 68.8 Å². The van der Waals surface area contributed by atoms with Crippen molar-refractivity contribution in [1.29, 1.82) is 0 Å². The van der Waals surface area contributed by atoms with Gasteiger partial charge in [-0.25, -0.2) is 4.68 Å². The summed E-state index contributed by atoms with van der Waals surface area (Å²) >= 11 is 19.7. The Morgan fingerprint density at radius 1 is 1.38 bits per heavy atom. The number of halogens is 5. The van der Waals surface area contributed by atoms with E-state index in [4.69, 9.17) is 11.6 Å².